The third-order valence-electron chi connectivity index (χ3n) is 1.15. The van der Waals surface area contributed by atoms with Gasteiger partial charge >= 0.3 is 0 Å². The lowest BCUT2D eigenvalue weighted by molar-refractivity contribution is 0.474. The van der Waals surface area contributed by atoms with E-state index in [0.29, 0.717) is 5.56 Å². The average molecular weight is 139 g/mol. The van der Waals surface area contributed by atoms with Crippen molar-refractivity contribution < 1.29 is 7.85 Å². The van der Waals surface area contributed by atoms with Gasteiger partial charge in [-0.3, -0.25) is 0 Å². The lowest BCUT2D eigenvalue weighted by Gasteiger charge is -1.97. The number of hydrogen-bond acceptors (Lipinski definition) is 2. The van der Waals surface area contributed by atoms with Crippen molar-refractivity contribution in [2.24, 2.45) is 5.73 Å². The Morgan fingerprint density at radius 3 is 3.00 bits per heavy atom. The predicted molar refractivity (Wildman–Crippen MR) is 40.9 cm³/mol. The SMILES string of the molecule is [2H]C([2H])(CN)c1cccc(O)c1. The second-order valence-corrected chi connectivity index (χ2v) is 1.93. The highest BCUT2D eigenvalue weighted by Gasteiger charge is 1.90. The monoisotopic (exact) mass is 139 g/mol. The summed E-state index contributed by atoms with van der Waals surface area (Å²) >= 11 is 0. The minimum absolute atomic E-state index is 0.0600. The van der Waals surface area contributed by atoms with Gasteiger partial charge in [0.05, 0.1) is 0 Å². The van der Waals surface area contributed by atoms with Crippen molar-refractivity contribution in [3.63, 3.8) is 0 Å². The van der Waals surface area contributed by atoms with E-state index in [2.05, 4.69) is 0 Å². The average Bonchev–Trinajstić information content (AvgIpc) is 2.05. The third kappa shape index (κ3) is 1.74. The van der Waals surface area contributed by atoms with E-state index in [1.807, 2.05) is 0 Å². The Kier molecular flexibility index (Phi) is 1.53. The van der Waals surface area contributed by atoms with E-state index >= 15 is 0 Å². The lowest BCUT2D eigenvalue weighted by Crippen LogP contribution is -2.01. The minimum Gasteiger partial charge on any atom is -0.508 e. The van der Waals surface area contributed by atoms with E-state index in [1.165, 1.54) is 12.1 Å². The molecule has 0 aromatic heterocycles. The smallest absolute Gasteiger partial charge is 0.115 e. The van der Waals surface area contributed by atoms with Crippen molar-refractivity contribution in [2.45, 2.75) is 6.37 Å². The van der Waals surface area contributed by atoms with E-state index in [4.69, 9.17) is 13.6 Å². The molecule has 1 rings (SSSR count). The highest BCUT2D eigenvalue weighted by molar-refractivity contribution is 5.27. The van der Waals surface area contributed by atoms with Crippen LogP contribution in [0, 0.1) is 0 Å². The minimum atomic E-state index is -1.56. The van der Waals surface area contributed by atoms with Gasteiger partial charge in [0, 0.05) is 2.74 Å². The molecule has 0 unspecified atom stereocenters. The van der Waals surface area contributed by atoms with Gasteiger partial charge in [0.25, 0.3) is 0 Å². The maximum atomic E-state index is 9.06. The highest BCUT2D eigenvalue weighted by Crippen LogP contribution is 2.10. The lowest BCUT2D eigenvalue weighted by atomic mass is 10.1. The molecule has 1 aromatic carbocycles. The number of nitrogens with two attached hydrogens (primary N) is 1. The second kappa shape index (κ2) is 3.22. The molecule has 1 aromatic rings. The highest BCUT2D eigenvalue weighted by atomic mass is 16.3. The first-order valence-corrected chi connectivity index (χ1v) is 3.06. The first-order chi connectivity index (χ1) is 5.56. The first-order valence-electron chi connectivity index (χ1n) is 4.06. The molecule has 0 amide bonds. The molecular weight excluding hydrogens is 126 g/mol. The van der Waals surface area contributed by atoms with Crippen LogP contribution >= 0.6 is 0 Å². The van der Waals surface area contributed by atoms with Crippen molar-refractivity contribution >= 4 is 0 Å². The molecule has 0 aliphatic rings. The Hall–Kier alpha value is -1.02. The zero-order valence-corrected chi connectivity index (χ0v) is 5.54. The van der Waals surface area contributed by atoms with Gasteiger partial charge in [-0.25, -0.2) is 0 Å². The van der Waals surface area contributed by atoms with Crippen LogP contribution in [-0.2, 0) is 6.37 Å². The van der Waals surface area contributed by atoms with Gasteiger partial charge < -0.3 is 10.8 Å². The normalized spacial score (nSPS) is 14.1. The molecule has 0 bridgehead atoms. The van der Waals surface area contributed by atoms with Gasteiger partial charge in [-0.05, 0) is 30.6 Å². The molecule has 0 saturated heterocycles. The standard InChI is InChI=1S/C8H11NO/c9-5-4-7-2-1-3-8(10)6-7/h1-3,6,10H,4-5,9H2/i4D2. The summed E-state index contributed by atoms with van der Waals surface area (Å²) in [6.45, 7) is -0.0869. The number of phenols is 1. The van der Waals surface area contributed by atoms with Crippen LogP contribution in [0.2, 0.25) is 0 Å². The van der Waals surface area contributed by atoms with Gasteiger partial charge in [0.15, 0.2) is 0 Å². The van der Waals surface area contributed by atoms with Crippen LogP contribution < -0.4 is 5.73 Å². The molecule has 0 aliphatic heterocycles. The van der Waals surface area contributed by atoms with Gasteiger partial charge in [-0.1, -0.05) is 12.1 Å². The molecule has 2 nitrogen and oxygen atoms in total. The fourth-order valence-corrected chi connectivity index (χ4v) is 0.734. The molecule has 0 fully saturated rings. The predicted octanol–water partition coefficient (Wildman–Crippen LogP) is 0.893. The maximum absolute atomic E-state index is 9.06. The van der Waals surface area contributed by atoms with Crippen LogP contribution in [0.5, 0.6) is 5.75 Å². The molecule has 2 heteroatoms. The zero-order chi connectivity index (χ0) is 9.19. The Labute approximate surface area is 63.1 Å². The van der Waals surface area contributed by atoms with Crippen LogP contribution in [0.25, 0.3) is 0 Å². The molecule has 0 radical (unpaired) electrons. The number of benzene rings is 1. The summed E-state index contributed by atoms with van der Waals surface area (Å²) in [4.78, 5) is 0. The summed E-state index contributed by atoms with van der Waals surface area (Å²) in [7, 11) is 0. The Balaban J connectivity index is 3.03. The zero-order valence-electron chi connectivity index (χ0n) is 7.54. The van der Waals surface area contributed by atoms with Crippen molar-refractivity contribution in [3.8, 4) is 5.75 Å². The van der Waals surface area contributed by atoms with Gasteiger partial charge in [0.1, 0.15) is 5.75 Å². The van der Waals surface area contributed by atoms with E-state index in [1.54, 1.807) is 12.1 Å². The van der Waals surface area contributed by atoms with Crippen molar-refractivity contribution in [2.75, 3.05) is 6.54 Å². The van der Waals surface area contributed by atoms with Crippen LogP contribution in [0.15, 0.2) is 24.3 Å². The molecule has 54 valence electrons. The summed E-state index contributed by atoms with van der Waals surface area (Å²) in [5.41, 5.74) is 5.64. The molecule has 0 atom stereocenters. The number of rotatable bonds is 2. The molecular formula is C8H11NO. The van der Waals surface area contributed by atoms with Gasteiger partial charge in [0.2, 0.25) is 0 Å². The molecule has 0 heterocycles. The van der Waals surface area contributed by atoms with Gasteiger partial charge in [-0.15, -0.1) is 0 Å². The van der Waals surface area contributed by atoms with Crippen molar-refractivity contribution in [3.05, 3.63) is 29.8 Å². The van der Waals surface area contributed by atoms with Crippen LogP contribution in [0.3, 0.4) is 0 Å². The summed E-state index contributed by atoms with van der Waals surface area (Å²) in [6.07, 6.45) is -1.56. The Bertz CT molecular complexity index is 276. The number of aromatic hydroxyl groups is 1. The first kappa shape index (κ1) is 4.74. The molecule has 3 N–H and O–H groups in total. The third-order valence-corrected chi connectivity index (χ3v) is 1.15. The van der Waals surface area contributed by atoms with Crippen LogP contribution in [0.1, 0.15) is 8.30 Å². The molecule has 0 saturated carbocycles. The Morgan fingerprint density at radius 1 is 1.60 bits per heavy atom. The van der Waals surface area contributed by atoms with E-state index in [9.17, 15) is 0 Å². The van der Waals surface area contributed by atoms with Crippen LogP contribution in [0.4, 0.5) is 0 Å². The molecule has 0 aliphatic carbocycles. The summed E-state index contributed by atoms with van der Waals surface area (Å²) in [6, 6.07) is 6.08. The summed E-state index contributed by atoms with van der Waals surface area (Å²) < 4.78 is 14.9. The van der Waals surface area contributed by atoms with E-state index < -0.39 is 6.37 Å². The van der Waals surface area contributed by atoms with Crippen molar-refractivity contribution in [1.82, 2.24) is 0 Å². The summed E-state index contributed by atoms with van der Waals surface area (Å²) in [5.74, 6) is 0.0600. The largest absolute Gasteiger partial charge is 0.508 e. The second-order valence-electron chi connectivity index (χ2n) is 1.93. The summed E-state index contributed by atoms with van der Waals surface area (Å²) in [5, 5.41) is 9.06. The van der Waals surface area contributed by atoms with Crippen LogP contribution in [-0.4, -0.2) is 11.7 Å². The fourth-order valence-electron chi connectivity index (χ4n) is 0.734. The number of hydrogen-bond donors (Lipinski definition) is 2. The van der Waals surface area contributed by atoms with E-state index in [-0.39, 0.29) is 12.3 Å². The maximum Gasteiger partial charge on any atom is 0.115 e. The van der Waals surface area contributed by atoms with E-state index in [0.717, 1.165) is 0 Å². The molecule has 0 spiro atoms. The fraction of sp³-hybridized carbons (Fsp3) is 0.250. The van der Waals surface area contributed by atoms with Crippen molar-refractivity contribution in [1.29, 1.82) is 0 Å². The van der Waals surface area contributed by atoms with Gasteiger partial charge in [-0.2, -0.15) is 0 Å². The quantitative estimate of drug-likeness (QED) is 0.639. The topological polar surface area (TPSA) is 46.2 Å². The molecule has 10 heavy (non-hydrogen) atoms. The number of phenolic OH excluding ortho intramolecular Hbond substituents is 1. The Morgan fingerprint density at radius 2 is 2.40 bits per heavy atom.